The second-order valence-electron chi connectivity index (χ2n) is 13.1. The smallest absolute Gasteiger partial charge is 0.0998 e. The summed E-state index contributed by atoms with van der Waals surface area (Å²) in [5.41, 5.74) is 14.5. The minimum absolute atomic E-state index is 0.102. The van der Waals surface area contributed by atoms with Gasteiger partial charge in [0.15, 0.2) is 0 Å². The highest BCUT2D eigenvalue weighted by molar-refractivity contribution is 5.89. The van der Waals surface area contributed by atoms with Gasteiger partial charge in [-0.05, 0) is 88.0 Å². The van der Waals surface area contributed by atoms with Gasteiger partial charge in [-0.25, -0.2) is 0 Å². The Morgan fingerprint density at radius 3 is 2.06 bits per heavy atom. The number of benzene rings is 6. The minimum atomic E-state index is -0.109. The summed E-state index contributed by atoms with van der Waals surface area (Å²) in [6, 6.07) is 52.5. The highest BCUT2D eigenvalue weighted by atomic mass is 15.2. The van der Waals surface area contributed by atoms with Crippen molar-refractivity contribution in [3.63, 3.8) is 0 Å². The first-order chi connectivity index (χ1) is 25.2. The van der Waals surface area contributed by atoms with Crippen molar-refractivity contribution in [3.8, 4) is 40.5 Å². The fourth-order valence-corrected chi connectivity index (χ4v) is 8.05. The number of hydrogen-bond acceptors (Lipinski definition) is 5. The quantitative estimate of drug-likeness (QED) is 0.189. The predicted molar refractivity (Wildman–Crippen MR) is 202 cm³/mol. The van der Waals surface area contributed by atoms with Crippen LogP contribution >= 0.6 is 0 Å². The molecule has 238 valence electrons. The lowest BCUT2D eigenvalue weighted by Gasteiger charge is -2.33. The molecule has 5 nitrogen and oxygen atoms in total. The summed E-state index contributed by atoms with van der Waals surface area (Å²) < 4.78 is 0. The lowest BCUT2D eigenvalue weighted by atomic mass is 9.86. The van der Waals surface area contributed by atoms with Crippen molar-refractivity contribution in [2.45, 2.75) is 18.4 Å². The van der Waals surface area contributed by atoms with E-state index in [1.165, 1.54) is 11.1 Å². The fraction of sp³-hybridized carbons (Fsp3) is 0.0652. The van der Waals surface area contributed by atoms with E-state index < -0.39 is 0 Å². The first-order valence-corrected chi connectivity index (χ1v) is 17.0. The van der Waals surface area contributed by atoms with Crippen molar-refractivity contribution < 1.29 is 0 Å². The third-order valence-electron chi connectivity index (χ3n) is 10.3. The van der Waals surface area contributed by atoms with Gasteiger partial charge in [0.1, 0.15) is 0 Å². The lowest BCUT2D eigenvalue weighted by molar-refractivity contribution is 0.722. The highest BCUT2D eigenvalue weighted by Gasteiger charge is 2.41. The molecule has 0 N–H and O–H groups in total. The zero-order valence-electron chi connectivity index (χ0n) is 27.5. The van der Waals surface area contributed by atoms with Crippen LogP contribution in [-0.4, -0.2) is 6.04 Å². The Balaban J connectivity index is 1.08. The number of allylic oxidation sites excluding steroid dienone is 2. The van der Waals surface area contributed by atoms with Crippen molar-refractivity contribution >= 4 is 28.4 Å². The van der Waals surface area contributed by atoms with Crippen molar-refractivity contribution in [1.82, 2.24) is 0 Å². The Hall–Kier alpha value is -7.13. The summed E-state index contributed by atoms with van der Waals surface area (Å²) in [5, 5.41) is 30.1. The first-order valence-electron chi connectivity index (χ1n) is 17.0. The van der Waals surface area contributed by atoms with Gasteiger partial charge < -0.3 is 9.80 Å². The molecular formula is C46H29N5. The molecule has 2 aliphatic heterocycles. The van der Waals surface area contributed by atoms with Gasteiger partial charge in [0, 0.05) is 46.3 Å². The van der Waals surface area contributed by atoms with Crippen molar-refractivity contribution in [2.75, 3.05) is 9.80 Å². The largest absolute Gasteiger partial charge is 0.331 e. The zero-order chi connectivity index (χ0) is 34.5. The van der Waals surface area contributed by atoms with Crippen LogP contribution in [0.1, 0.15) is 33.7 Å². The van der Waals surface area contributed by atoms with Crippen LogP contribution in [0, 0.1) is 34.0 Å². The normalized spacial score (nSPS) is 16.5. The van der Waals surface area contributed by atoms with Gasteiger partial charge >= 0.3 is 0 Å². The average Bonchev–Trinajstić information content (AvgIpc) is 3.54. The van der Waals surface area contributed by atoms with Gasteiger partial charge in [0.05, 0.1) is 40.9 Å². The summed E-state index contributed by atoms with van der Waals surface area (Å²) in [7, 11) is 0. The standard InChI is InChI=1S/C46H29N5/c47-27-30-16-23-43-35(24-30)25-33-8-1-4-13-42(33)50(43)37-21-22-38(36(26-37)29-49)31-17-19-32(20-18-31)39-10-2-5-14-44(39)51-45-15-6-3-11-40(45)41-12-7-9-34(28-48)46(41)51/h1-24,26,41,46H,25H2/t41-,46?/m1/s1. The van der Waals surface area contributed by atoms with E-state index in [1.54, 1.807) is 0 Å². The second-order valence-corrected chi connectivity index (χ2v) is 13.1. The van der Waals surface area contributed by atoms with E-state index in [2.05, 4.69) is 125 Å². The molecular weight excluding hydrogens is 623 g/mol. The Morgan fingerprint density at radius 2 is 1.27 bits per heavy atom. The molecule has 6 aromatic rings. The molecule has 0 saturated heterocycles. The summed E-state index contributed by atoms with van der Waals surface area (Å²) in [6.45, 7) is 0. The van der Waals surface area contributed by atoms with E-state index in [0.29, 0.717) is 11.1 Å². The molecule has 2 heterocycles. The van der Waals surface area contributed by atoms with Crippen LogP contribution in [-0.2, 0) is 6.42 Å². The lowest BCUT2D eigenvalue weighted by Crippen LogP contribution is -2.32. The number of hydrogen-bond donors (Lipinski definition) is 0. The summed E-state index contributed by atoms with van der Waals surface area (Å²) in [6.07, 6.45) is 6.88. The van der Waals surface area contributed by atoms with Gasteiger partial charge in [-0.2, -0.15) is 15.8 Å². The number of anilines is 5. The minimum Gasteiger partial charge on any atom is -0.331 e. The van der Waals surface area contributed by atoms with Crippen molar-refractivity contribution in [1.29, 1.82) is 15.8 Å². The maximum atomic E-state index is 10.4. The summed E-state index contributed by atoms with van der Waals surface area (Å²) >= 11 is 0. The van der Waals surface area contributed by atoms with Gasteiger partial charge in [0.2, 0.25) is 0 Å². The Labute approximate surface area is 297 Å². The SMILES string of the molecule is N#CC1=CC=C[C@@H]2c3ccccc3N(c3ccccc3-c3ccc(-c4ccc(N5c6ccccc6Cc6cc(C#N)ccc65)cc4C#N)cc3)C12. The Kier molecular flexibility index (Phi) is 7.10. The Morgan fingerprint density at radius 1 is 0.569 bits per heavy atom. The molecule has 1 aliphatic carbocycles. The molecule has 2 atom stereocenters. The third-order valence-corrected chi connectivity index (χ3v) is 10.3. The van der Waals surface area contributed by atoms with E-state index in [-0.39, 0.29) is 12.0 Å². The number of fused-ring (bicyclic) bond motifs is 5. The molecule has 51 heavy (non-hydrogen) atoms. The molecule has 6 aromatic carbocycles. The van der Waals surface area contributed by atoms with Gasteiger partial charge in [-0.3, -0.25) is 0 Å². The zero-order valence-corrected chi connectivity index (χ0v) is 27.5. The first kappa shape index (κ1) is 30.0. The van der Waals surface area contributed by atoms with Crippen LogP contribution < -0.4 is 9.80 Å². The average molecular weight is 652 g/mol. The number of para-hydroxylation sites is 3. The molecule has 1 unspecified atom stereocenters. The van der Waals surface area contributed by atoms with E-state index in [0.717, 1.165) is 68.2 Å². The summed E-state index contributed by atoms with van der Waals surface area (Å²) in [4.78, 5) is 4.52. The van der Waals surface area contributed by atoms with Crippen LogP contribution in [0.25, 0.3) is 22.3 Å². The number of nitrogens with zero attached hydrogens (tertiary/aromatic N) is 5. The van der Waals surface area contributed by atoms with E-state index in [4.69, 9.17) is 0 Å². The molecule has 3 aliphatic rings. The molecule has 0 bridgehead atoms. The molecule has 0 spiro atoms. The molecule has 0 aromatic heterocycles. The molecule has 5 heteroatoms. The van der Waals surface area contributed by atoms with Crippen LogP contribution in [0.15, 0.2) is 157 Å². The van der Waals surface area contributed by atoms with Gasteiger partial charge in [-0.15, -0.1) is 0 Å². The number of rotatable bonds is 4. The summed E-state index contributed by atoms with van der Waals surface area (Å²) in [5.74, 6) is 0.102. The van der Waals surface area contributed by atoms with Crippen molar-refractivity contribution in [2.24, 2.45) is 0 Å². The highest BCUT2D eigenvalue weighted by Crippen LogP contribution is 2.51. The van der Waals surface area contributed by atoms with Gasteiger partial charge in [0.25, 0.3) is 0 Å². The predicted octanol–water partition coefficient (Wildman–Crippen LogP) is 10.8. The second kappa shape index (κ2) is 12.1. The molecule has 9 rings (SSSR count). The van der Waals surface area contributed by atoms with Crippen LogP contribution in [0.4, 0.5) is 28.4 Å². The molecule has 0 fully saturated rings. The van der Waals surface area contributed by atoms with E-state index in [1.807, 2.05) is 54.6 Å². The molecule has 0 radical (unpaired) electrons. The topological polar surface area (TPSA) is 77.8 Å². The number of nitriles is 3. The molecule has 0 amide bonds. The van der Waals surface area contributed by atoms with Gasteiger partial charge in [-0.1, -0.05) is 97.1 Å². The maximum Gasteiger partial charge on any atom is 0.0998 e. The van der Waals surface area contributed by atoms with Crippen molar-refractivity contribution in [3.05, 3.63) is 185 Å². The van der Waals surface area contributed by atoms with Crippen LogP contribution in [0.2, 0.25) is 0 Å². The monoisotopic (exact) mass is 651 g/mol. The third kappa shape index (κ3) is 4.82. The molecule has 0 saturated carbocycles. The van der Waals surface area contributed by atoms with E-state index >= 15 is 0 Å². The maximum absolute atomic E-state index is 10.4. The van der Waals surface area contributed by atoms with Crippen LogP contribution in [0.3, 0.4) is 0 Å². The van der Waals surface area contributed by atoms with Crippen LogP contribution in [0.5, 0.6) is 0 Å². The van der Waals surface area contributed by atoms with E-state index in [9.17, 15) is 15.8 Å². The fourth-order valence-electron chi connectivity index (χ4n) is 8.05. The Bertz CT molecular complexity index is 2570.